The Labute approximate surface area is 237 Å². The average molecular weight is 549 g/mol. The van der Waals surface area contributed by atoms with Gasteiger partial charge in [0, 0.05) is 17.5 Å². The summed E-state index contributed by atoms with van der Waals surface area (Å²) in [5.41, 5.74) is 5.75. The smallest absolute Gasteiger partial charge is 0.263 e. The van der Waals surface area contributed by atoms with Gasteiger partial charge in [-0.25, -0.2) is 4.98 Å². The number of thiazole rings is 1. The lowest BCUT2D eigenvalue weighted by molar-refractivity contribution is 0.0935. The maximum absolute atomic E-state index is 12.9. The quantitative estimate of drug-likeness (QED) is 0.123. The first kappa shape index (κ1) is 26.1. The number of fused-ring (bicyclic) bond motifs is 1. The zero-order valence-electron chi connectivity index (χ0n) is 22.3. The third kappa shape index (κ3) is 6.05. The van der Waals surface area contributed by atoms with Gasteiger partial charge in [0.15, 0.2) is 5.78 Å². The molecule has 1 aliphatic carbocycles. The van der Waals surface area contributed by atoms with E-state index in [-0.39, 0.29) is 17.7 Å². The molecule has 2 aromatic heterocycles. The van der Waals surface area contributed by atoms with Crippen molar-refractivity contribution in [3.63, 3.8) is 0 Å². The molecule has 0 bridgehead atoms. The van der Waals surface area contributed by atoms with Crippen LogP contribution in [0.25, 0.3) is 22.0 Å². The lowest BCUT2D eigenvalue weighted by Gasteiger charge is -2.16. The fourth-order valence-corrected chi connectivity index (χ4v) is 5.82. The number of hydrogen-bond acceptors (Lipinski definition) is 5. The summed E-state index contributed by atoms with van der Waals surface area (Å²) in [6.45, 7) is 0. The monoisotopic (exact) mass is 548 g/mol. The van der Waals surface area contributed by atoms with Crippen LogP contribution in [0.2, 0.25) is 0 Å². The van der Waals surface area contributed by atoms with Crippen LogP contribution >= 0.6 is 11.3 Å². The normalized spacial score (nSPS) is 13.8. The molecule has 5 aromatic rings. The molecule has 0 saturated heterocycles. The van der Waals surface area contributed by atoms with Gasteiger partial charge in [0.25, 0.3) is 5.91 Å². The molecule has 1 amide bonds. The SMILES string of the molecule is O=C(N[C@@H](CCCCCC(=O)c1ccccc1C1CC1)c1ncc(-c2ccc3ccccc3c2)[nH]1)c1cncs1. The van der Waals surface area contributed by atoms with Crippen molar-refractivity contribution in [1.82, 2.24) is 20.3 Å². The number of rotatable bonds is 12. The van der Waals surface area contributed by atoms with Gasteiger partial charge in [-0.1, -0.05) is 73.5 Å². The summed E-state index contributed by atoms with van der Waals surface area (Å²) >= 11 is 1.32. The highest BCUT2D eigenvalue weighted by molar-refractivity contribution is 7.11. The number of hydrogen-bond donors (Lipinski definition) is 2. The summed E-state index contributed by atoms with van der Waals surface area (Å²) in [6, 6.07) is 22.4. The number of amides is 1. The maximum Gasteiger partial charge on any atom is 0.263 e. The number of carbonyl (C=O) groups excluding carboxylic acids is 2. The van der Waals surface area contributed by atoms with Gasteiger partial charge in [0.05, 0.1) is 29.6 Å². The zero-order valence-corrected chi connectivity index (χ0v) is 23.1. The Hall–Kier alpha value is -4.10. The molecule has 2 N–H and O–H groups in total. The van der Waals surface area contributed by atoms with E-state index in [4.69, 9.17) is 0 Å². The number of nitrogens with zero attached hydrogens (tertiary/aromatic N) is 2. The molecule has 6 rings (SSSR count). The highest BCUT2D eigenvalue weighted by Crippen LogP contribution is 2.41. The molecule has 7 heteroatoms. The van der Waals surface area contributed by atoms with Crippen LogP contribution in [0.15, 0.2) is 84.6 Å². The lowest BCUT2D eigenvalue weighted by Crippen LogP contribution is -2.28. The molecule has 0 spiro atoms. The summed E-state index contributed by atoms with van der Waals surface area (Å²) in [6.07, 6.45) is 9.68. The van der Waals surface area contributed by atoms with Crippen LogP contribution in [0.5, 0.6) is 0 Å². The van der Waals surface area contributed by atoms with Crippen molar-refractivity contribution in [2.24, 2.45) is 0 Å². The summed E-state index contributed by atoms with van der Waals surface area (Å²) in [4.78, 5) is 38.6. The number of carbonyl (C=O) groups is 2. The number of imidazole rings is 1. The van der Waals surface area contributed by atoms with Gasteiger partial charge in [0.1, 0.15) is 10.7 Å². The molecule has 1 atom stereocenters. The van der Waals surface area contributed by atoms with E-state index in [1.54, 1.807) is 11.7 Å². The summed E-state index contributed by atoms with van der Waals surface area (Å²) in [5, 5.41) is 5.51. The van der Waals surface area contributed by atoms with Crippen LogP contribution in [0.3, 0.4) is 0 Å². The summed E-state index contributed by atoms with van der Waals surface area (Å²) in [5.74, 6) is 1.39. The summed E-state index contributed by atoms with van der Waals surface area (Å²) < 4.78 is 0. The number of unbranched alkanes of at least 4 members (excludes halogenated alkanes) is 2. The van der Waals surface area contributed by atoms with Gasteiger partial charge in [-0.15, -0.1) is 11.3 Å². The van der Waals surface area contributed by atoms with Crippen molar-refractivity contribution in [2.45, 2.75) is 56.9 Å². The van der Waals surface area contributed by atoms with Crippen molar-refractivity contribution >= 4 is 33.8 Å². The molecule has 40 heavy (non-hydrogen) atoms. The van der Waals surface area contributed by atoms with E-state index in [0.717, 1.165) is 48.3 Å². The Morgan fingerprint density at radius 1 is 0.950 bits per heavy atom. The molecule has 0 radical (unpaired) electrons. The third-order valence-corrected chi connectivity index (χ3v) is 8.39. The van der Waals surface area contributed by atoms with E-state index in [2.05, 4.69) is 56.7 Å². The first-order valence-corrected chi connectivity index (χ1v) is 14.9. The standard InChI is InChI=1S/C33H32N4O2S/c38-30(27-11-7-6-10-26(27)23-15-16-23)13-3-1-2-12-28(37-33(39)31-20-34-21-40-31)32-35-19-29(36-32)25-17-14-22-8-4-5-9-24(22)18-25/h4-11,14,17-21,23,28H,1-3,12-13,15-16H2,(H,35,36)(H,37,39)/t28-/m0/s1. The molecular formula is C33H32N4O2S. The lowest BCUT2D eigenvalue weighted by atomic mass is 9.96. The Morgan fingerprint density at radius 2 is 1.77 bits per heavy atom. The van der Waals surface area contributed by atoms with Crippen LogP contribution in [-0.4, -0.2) is 26.6 Å². The fraction of sp³-hybridized carbons (Fsp3) is 0.273. The molecular weight excluding hydrogens is 516 g/mol. The van der Waals surface area contributed by atoms with Crippen molar-refractivity contribution in [1.29, 1.82) is 0 Å². The molecule has 1 aliphatic rings. The van der Waals surface area contributed by atoms with E-state index in [1.807, 2.05) is 36.5 Å². The highest BCUT2D eigenvalue weighted by Gasteiger charge is 2.27. The van der Waals surface area contributed by atoms with Crippen molar-refractivity contribution in [3.8, 4) is 11.3 Å². The second kappa shape index (κ2) is 12.0. The minimum Gasteiger partial charge on any atom is -0.341 e. The van der Waals surface area contributed by atoms with E-state index in [9.17, 15) is 9.59 Å². The van der Waals surface area contributed by atoms with E-state index < -0.39 is 0 Å². The van der Waals surface area contributed by atoms with Crippen LogP contribution in [-0.2, 0) is 0 Å². The number of nitrogens with one attached hydrogen (secondary N) is 2. The predicted octanol–water partition coefficient (Wildman–Crippen LogP) is 7.87. The Balaban J connectivity index is 1.10. The number of aromatic amines is 1. The fourth-order valence-electron chi connectivity index (χ4n) is 5.30. The van der Waals surface area contributed by atoms with Crippen molar-refractivity contribution < 1.29 is 9.59 Å². The second-order valence-corrected chi connectivity index (χ2v) is 11.4. The first-order valence-electron chi connectivity index (χ1n) is 14.0. The van der Waals surface area contributed by atoms with Gasteiger partial charge in [-0.05, 0) is 54.0 Å². The highest BCUT2D eigenvalue weighted by atomic mass is 32.1. The van der Waals surface area contributed by atoms with Gasteiger partial charge in [0.2, 0.25) is 0 Å². The number of benzene rings is 3. The van der Waals surface area contributed by atoms with E-state index >= 15 is 0 Å². The van der Waals surface area contributed by atoms with Gasteiger partial charge in [-0.3, -0.25) is 14.6 Å². The second-order valence-electron chi connectivity index (χ2n) is 10.5. The minimum absolute atomic E-state index is 0.150. The molecule has 0 unspecified atom stereocenters. The first-order chi connectivity index (χ1) is 19.7. The molecule has 1 fully saturated rings. The topological polar surface area (TPSA) is 87.7 Å². The molecule has 0 aliphatic heterocycles. The van der Waals surface area contributed by atoms with Gasteiger partial charge < -0.3 is 10.3 Å². The van der Waals surface area contributed by atoms with Crippen molar-refractivity contribution in [2.75, 3.05) is 0 Å². The maximum atomic E-state index is 12.9. The Bertz CT molecular complexity index is 1620. The van der Waals surface area contributed by atoms with Gasteiger partial charge >= 0.3 is 0 Å². The molecule has 2 heterocycles. The van der Waals surface area contributed by atoms with Gasteiger partial charge in [-0.2, -0.15) is 0 Å². The molecule has 6 nitrogen and oxygen atoms in total. The van der Waals surface area contributed by atoms with Crippen LogP contribution in [0.1, 0.15) is 88.3 Å². The molecule has 202 valence electrons. The zero-order chi connectivity index (χ0) is 27.3. The molecule has 1 saturated carbocycles. The predicted molar refractivity (Wildman–Crippen MR) is 160 cm³/mol. The van der Waals surface area contributed by atoms with E-state index in [1.165, 1.54) is 40.5 Å². The third-order valence-electron chi connectivity index (χ3n) is 7.62. The van der Waals surface area contributed by atoms with E-state index in [0.29, 0.717) is 17.2 Å². The Morgan fingerprint density at radius 3 is 2.60 bits per heavy atom. The molecule has 3 aromatic carbocycles. The van der Waals surface area contributed by atoms with Crippen LogP contribution < -0.4 is 5.32 Å². The minimum atomic E-state index is -0.268. The number of Topliss-reactive ketones (excluding diaryl/α,β-unsaturated/α-hetero) is 1. The summed E-state index contributed by atoms with van der Waals surface area (Å²) in [7, 11) is 0. The number of aromatic nitrogens is 3. The van der Waals surface area contributed by atoms with Crippen molar-refractivity contribution in [3.05, 3.63) is 106 Å². The number of ketones is 1. The average Bonchev–Trinajstić information content (AvgIpc) is 3.45. The Kier molecular flexibility index (Phi) is 7.82. The number of H-pyrrole nitrogens is 1. The largest absolute Gasteiger partial charge is 0.341 e. The van der Waals surface area contributed by atoms with Crippen LogP contribution in [0.4, 0.5) is 0 Å². The van der Waals surface area contributed by atoms with Crippen LogP contribution in [0, 0.1) is 0 Å².